The van der Waals surface area contributed by atoms with E-state index in [1.807, 2.05) is 25.3 Å². The number of nitrogens with one attached hydrogen (secondary N) is 1. The fraction of sp³-hybridized carbons (Fsp3) is 0.125. The summed E-state index contributed by atoms with van der Waals surface area (Å²) in [7, 11) is 0. The molecule has 0 bridgehead atoms. The van der Waals surface area contributed by atoms with Gasteiger partial charge in [-0.1, -0.05) is 6.07 Å². The average molecular weight is 442 g/mol. The second kappa shape index (κ2) is 7.94. The lowest BCUT2D eigenvalue weighted by Crippen LogP contribution is -2.12. The molecule has 0 spiro atoms. The summed E-state index contributed by atoms with van der Waals surface area (Å²) in [6, 6.07) is 8.17. The summed E-state index contributed by atoms with van der Waals surface area (Å²) in [5.41, 5.74) is 4.16. The molecule has 5 rings (SSSR count). The van der Waals surface area contributed by atoms with Crippen molar-refractivity contribution in [2.45, 2.75) is 20.8 Å². The minimum Gasteiger partial charge on any atom is -0.436 e. The van der Waals surface area contributed by atoms with Crippen LogP contribution < -0.4 is 5.32 Å². The third kappa shape index (κ3) is 3.96. The highest BCUT2D eigenvalue weighted by atomic mass is 19.1. The van der Waals surface area contributed by atoms with Gasteiger partial charge >= 0.3 is 0 Å². The fourth-order valence-corrected chi connectivity index (χ4v) is 3.51. The van der Waals surface area contributed by atoms with E-state index in [0.717, 1.165) is 16.8 Å². The van der Waals surface area contributed by atoms with Crippen LogP contribution in [-0.2, 0) is 0 Å². The fourth-order valence-electron chi connectivity index (χ4n) is 3.51. The molecule has 1 aromatic carbocycles. The van der Waals surface area contributed by atoms with Gasteiger partial charge in [0.25, 0.3) is 5.91 Å². The Morgan fingerprint density at radius 2 is 1.85 bits per heavy atom. The predicted octanol–water partition coefficient (Wildman–Crippen LogP) is 4.76. The first-order valence-electron chi connectivity index (χ1n) is 10.2. The highest BCUT2D eigenvalue weighted by Gasteiger charge is 2.18. The zero-order valence-corrected chi connectivity index (χ0v) is 18.1. The summed E-state index contributed by atoms with van der Waals surface area (Å²) >= 11 is 0. The number of aryl methyl sites for hydroxylation is 3. The van der Waals surface area contributed by atoms with E-state index in [1.165, 1.54) is 18.2 Å². The van der Waals surface area contributed by atoms with Crippen molar-refractivity contribution in [3.8, 4) is 22.5 Å². The Labute approximate surface area is 188 Å². The largest absolute Gasteiger partial charge is 0.436 e. The van der Waals surface area contributed by atoms with E-state index >= 15 is 0 Å². The molecule has 0 saturated carbocycles. The first-order chi connectivity index (χ1) is 15.9. The number of hydrogen-bond acceptors (Lipinski definition) is 6. The lowest BCUT2D eigenvalue weighted by molar-refractivity contribution is 0.0994. The van der Waals surface area contributed by atoms with Crippen molar-refractivity contribution in [3.63, 3.8) is 0 Å². The van der Waals surface area contributed by atoms with E-state index in [1.54, 1.807) is 36.8 Å². The SMILES string of the molecule is Cc1ccc(-c2cnc3nc(-c4cc(NC(=O)c5oc(C)nc5C)ccc4F)cn3c2)nc1. The van der Waals surface area contributed by atoms with Crippen LogP contribution in [0.1, 0.15) is 27.7 Å². The van der Waals surface area contributed by atoms with E-state index in [9.17, 15) is 9.18 Å². The highest BCUT2D eigenvalue weighted by Crippen LogP contribution is 2.27. The summed E-state index contributed by atoms with van der Waals surface area (Å²) in [6.45, 7) is 5.32. The number of nitrogens with zero attached hydrogens (tertiary/aromatic N) is 5. The Morgan fingerprint density at radius 1 is 1.00 bits per heavy atom. The van der Waals surface area contributed by atoms with Crippen LogP contribution in [0.4, 0.5) is 10.1 Å². The molecule has 9 heteroatoms. The molecule has 0 unspecified atom stereocenters. The van der Waals surface area contributed by atoms with Crippen LogP contribution in [0.5, 0.6) is 0 Å². The molecule has 1 N–H and O–H groups in total. The number of rotatable bonds is 4. The van der Waals surface area contributed by atoms with Crippen LogP contribution in [-0.4, -0.2) is 30.2 Å². The van der Waals surface area contributed by atoms with Gasteiger partial charge in [-0.2, -0.15) is 0 Å². The van der Waals surface area contributed by atoms with E-state index in [-0.39, 0.29) is 11.3 Å². The van der Waals surface area contributed by atoms with Gasteiger partial charge in [-0.15, -0.1) is 0 Å². The molecular weight excluding hydrogens is 423 g/mol. The lowest BCUT2D eigenvalue weighted by Gasteiger charge is -2.06. The van der Waals surface area contributed by atoms with Crippen LogP contribution in [0.15, 0.2) is 59.5 Å². The predicted molar refractivity (Wildman–Crippen MR) is 120 cm³/mol. The molecule has 0 aliphatic heterocycles. The topological polar surface area (TPSA) is 98.2 Å². The number of aromatic nitrogens is 5. The molecular formula is C24H19FN6O2. The first-order valence-corrected chi connectivity index (χ1v) is 10.2. The van der Waals surface area contributed by atoms with Gasteiger partial charge in [-0.3, -0.25) is 14.2 Å². The van der Waals surface area contributed by atoms with E-state index in [0.29, 0.717) is 28.7 Å². The zero-order valence-electron chi connectivity index (χ0n) is 18.1. The second-order valence-corrected chi connectivity index (χ2v) is 7.69. The van der Waals surface area contributed by atoms with Crippen molar-refractivity contribution in [1.82, 2.24) is 24.3 Å². The lowest BCUT2D eigenvalue weighted by atomic mass is 10.1. The molecule has 8 nitrogen and oxygen atoms in total. The number of halogens is 1. The van der Waals surface area contributed by atoms with E-state index in [4.69, 9.17) is 4.42 Å². The van der Waals surface area contributed by atoms with Crippen molar-refractivity contribution < 1.29 is 13.6 Å². The Balaban J connectivity index is 1.47. The van der Waals surface area contributed by atoms with E-state index < -0.39 is 11.7 Å². The van der Waals surface area contributed by atoms with Crippen molar-refractivity contribution in [2.24, 2.45) is 0 Å². The van der Waals surface area contributed by atoms with Gasteiger partial charge in [0.15, 0.2) is 5.89 Å². The summed E-state index contributed by atoms with van der Waals surface area (Å²) in [4.78, 5) is 29.9. The summed E-state index contributed by atoms with van der Waals surface area (Å²) in [6.07, 6.45) is 7.00. The van der Waals surface area contributed by atoms with Crippen LogP contribution in [0.25, 0.3) is 28.3 Å². The van der Waals surface area contributed by atoms with Gasteiger partial charge in [0, 0.05) is 48.5 Å². The molecule has 0 fully saturated rings. The Bertz CT molecular complexity index is 1500. The number of hydrogen-bond donors (Lipinski definition) is 1. The molecule has 0 aliphatic carbocycles. The maximum atomic E-state index is 14.7. The number of pyridine rings is 1. The molecule has 164 valence electrons. The number of carbonyl (C=O) groups excluding carboxylic acids is 1. The highest BCUT2D eigenvalue weighted by molar-refractivity contribution is 6.03. The van der Waals surface area contributed by atoms with Gasteiger partial charge in [0.2, 0.25) is 11.5 Å². The Morgan fingerprint density at radius 3 is 2.58 bits per heavy atom. The summed E-state index contributed by atoms with van der Waals surface area (Å²) < 4.78 is 21.7. The maximum Gasteiger partial charge on any atom is 0.293 e. The third-order valence-electron chi connectivity index (χ3n) is 5.13. The second-order valence-electron chi connectivity index (χ2n) is 7.69. The average Bonchev–Trinajstić information content (AvgIpc) is 3.37. The van der Waals surface area contributed by atoms with Crippen LogP contribution >= 0.6 is 0 Å². The van der Waals surface area contributed by atoms with Crippen molar-refractivity contribution >= 4 is 17.4 Å². The minimum atomic E-state index is -0.469. The van der Waals surface area contributed by atoms with Crippen LogP contribution in [0.2, 0.25) is 0 Å². The van der Waals surface area contributed by atoms with Gasteiger partial charge in [-0.05, 0) is 43.7 Å². The monoisotopic (exact) mass is 442 g/mol. The van der Waals surface area contributed by atoms with Crippen LogP contribution in [0.3, 0.4) is 0 Å². The first kappa shape index (κ1) is 20.5. The molecule has 0 aliphatic rings. The van der Waals surface area contributed by atoms with E-state index in [2.05, 4.69) is 25.3 Å². The smallest absolute Gasteiger partial charge is 0.293 e. The molecule has 5 aromatic rings. The quantitative estimate of drug-likeness (QED) is 0.431. The molecule has 0 atom stereocenters. The minimum absolute atomic E-state index is 0.118. The molecule has 1 amide bonds. The summed E-state index contributed by atoms with van der Waals surface area (Å²) in [5, 5.41) is 2.72. The normalized spacial score (nSPS) is 11.2. The van der Waals surface area contributed by atoms with Crippen molar-refractivity contribution in [2.75, 3.05) is 5.32 Å². The zero-order chi connectivity index (χ0) is 23.1. The molecule has 0 radical (unpaired) electrons. The molecule has 0 saturated heterocycles. The number of benzene rings is 1. The van der Waals surface area contributed by atoms with Crippen molar-refractivity contribution in [3.05, 3.63) is 83.8 Å². The number of anilines is 1. The standard InChI is InChI=1S/C24H19FN6O2/c1-13-4-7-20(26-9-13)16-10-27-24-30-21(12-31(24)11-16)18-8-17(5-6-19(18)25)29-23(32)22-14(2)28-15(3)33-22/h4-12H,1-3H3,(H,29,32). The summed E-state index contributed by atoms with van der Waals surface area (Å²) in [5.74, 6) is 0.00551. The van der Waals surface area contributed by atoms with Crippen molar-refractivity contribution in [1.29, 1.82) is 0 Å². The maximum absolute atomic E-state index is 14.7. The Kier molecular flexibility index (Phi) is 4.93. The molecule has 4 aromatic heterocycles. The van der Waals surface area contributed by atoms with Crippen LogP contribution in [0, 0.1) is 26.6 Å². The molecule has 4 heterocycles. The number of oxazole rings is 1. The van der Waals surface area contributed by atoms with Gasteiger partial charge < -0.3 is 9.73 Å². The van der Waals surface area contributed by atoms with Gasteiger partial charge in [0.05, 0.1) is 17.1 Å². The third-order valence-corrected chi connectivity index (χ3v) is 5.13. The number of carbonyl (C=O) groups is 1. The molecule has 33 heavy (non-hydrogen) atoms. The number of amides is 1. The van der Waals surface area contributed by atoms with Gasteiger partial charge in [0.1, 0.15) is 5.82 Å². The Hall–Kier alpha value is -4.40. The number of imidazole rings is 1. The van der Waals surface area contributed by atoms with Gasteiger partial charge in [-0.25, -0.2) is 19.3 Å². The number of fused-ring (bicyclic) bond motifs is 1.